The molecule has 228 valence electrons. The quantitative estimate of drug-likeness (QED) is 0.261. The van der Waals surface area contributed by atoms with Crippen molar-refractivity contribution in [2.24, 2.45) is 0 Å². The second-order valence-corrected chi connectivity index (χ2v) is 13.6. The summed E-state index contributed by atoms with van der Waals surface area (Å²) in [5, 5.41) is 7.29. The summed E-state index contributed by atoms with van der Waals surface area (Å²) in [6.45, 7) is 6.30. The fourth-order valence-electron chi connectivity index (χ4n) is 6.41. The van der Waals surface area contributed by atoms with Crippen LogP contribution in [-0.4, -0.2) is 47.4 Å². The Morgan fingerprint density at radius 2 is 1.69 bits per heavy atom. The van der Waals surface area contributed by atoms with E-state index in [0.717, 1.165) is 37.2 Å². The van der Waals surface area contributed by atoms with Crippen molar-refractivity contribution in [2.45, 2.75) is 36.2 Å². The van der Waals surface area contributed by atoms with Gasteiger partial charge in [-0.3, -0.25) is 9.36 Å². The number of likely N-dealkylation sites (N-methyl/N-ethyl adjacent to an activating group) is 1. The van der Waals surface area contributed by atoms with E-state index in [4.69, 9.17) is 4.98 Å². The first-order valence-corrected chi connectivity index (χ1v) is 16.6. The summed E-state index contributed by atoms with van der Waals surface area (Å²) in [5.74, 6) is 0.849. The molecule has 1 saturated heterocycles. The van der Waals surface area contributed by atoms with Gasteiger partial charge in [-0.15, -0.1) is 0 Å². The maximum absolute atomic E-state index is 14.4. The van der Waals surface area contributed by atoms with Crippen LogP contribution in [0.15, 0.2) is 107 Å². The first-order chi connectivity index (χ1) is 21.8. The Hall–Kier alpha value is -4.64. The van der Waals surface area contributed by atoms with Crippen molar-refractivity contribution in [3.63, 3.8) is 0 Å². The van der Waals surface area contributed by atoms with Gasteiger partial charge in [0.05, 0.1) is 4.90 Å². The minimum Gasteiger partial charge on any atom is -0.324 e. The van der Waals surface area contributed by atoms with E-state index in [9.17, 15) is 13.2 Å². The highest BCUT2D eigenvalue weighted by atomic mass is 32.2. The largest absolute Gasteiger partial charge is 0.324 e. The second kappa shape index (κ2) is 11.7. The van der Waals surface area contributed by atoms with E-state index in [2.05, 4.69) is 34.3 Å². The Bertz CT molecular complexity index is 2070. The number of aromatic nitrogens is 3. The zero-order chi connectivity index (χ0) is 31.1. The normalized spacial score (nSPS) is 18.4. The van der Waals surface area contributed by atoms with Crippen molar-refractivity contribution in [2.75, 3.05) is 25.5 Å². The third-order valence-corrected chi connectivity index (χ3v) is 10.9. The summed E-state index contributed by atoms with van der Waals surface area (Å²) >= 11 is 0. The van der Waals surface area contributed by atoms with Crippen LogP contribution in [0.4, 0.5) is 11.6 Å². The van der Waals surface area contributed by atoms with Gasteiger partial charge in [0, 0.05) is 36.3 Å². The molecule has 0 radical (unpaired) electrons. The van der Waals surface area contributed by atoms with Gasteiger partial charge < -0.3 is 10.6 Å². The molecule has 2 aromatic heterocycles. The van der Waals surface area contributed by atoms with Crippen LogP contribution in [0.2, 0.25) is 0 Å². The van der Waals surface area contributed by atoms with Gasteiger partial charge in [-0.05, 0) is 78.4 Å². The van der Waals surface area contributed by atoms with E-state index in [1.54, 1.807) is 30.5 Å². The summed E-state index contributed by atoms with van der Waals surface area (Å²) in [4.78, 5) is 24.1. The van der Waals surface area contributed by atoms with E-state index in [0.29, 0.717) is 46.0 Å². The molecule has 45 heavy (non-hydrogen) atoms. The molecular formula is C35H34N6O3S. The predicted molar refractivity (Wildman–Crippen MR) is 177 cm³/mol. The molecule has 10 heteroatoms. The van der Waals surface area contributed by atoms with E-state index in [1.165, 1.54) is 21.5 Å². The number of nitrogens with zero attached hydrogens (tertiary/aromatic N) is 4. The first-order valence-electron chi connectivity index (χ1n) is 15.1. The van der Waals surface area contributed by atoms with Crippen molar-refractivity contribution >= 4 is 38.3 Å². The lowest BCUT2D eigenvalue weighted by Gasteiger charge is -2.35. The predicted octanol–water partition coefficient (Wildman–Crippen LogP) is 5.44. The number of pyridine rings is 1. The molecular weight excluding hydrogens is 584 g/mol. The van der Waals surface area contributed by atoms with Gasteiger partial charge in [0.25, 0.3) is 5.56 Å². The lowest BCUT2D eigenvalue weighted by molar-refractivity contribution is 0.271. The van der Waals surface area contributed by atoms with E-state index < -0.39 is 16.2 Å². The van der Waals surface area contributed by atoms with Crippen LogP contribution in [0.25, 0.3) is 16.6 Å². The lowest BCUT2D eigenvalue weighted by atomic mass is 9.90. The Labute approximate surface area is 262 Å². The standard InChI is InChI=1S/C35H34N6O3S/c1-23(24-8-4-3-5-9-24)30-20-28-22-37-35(38-29-14-12-25(13-15-29)26-16-18-36-19-17-26)39-33(28)41(34(30)42)32-21-27-10-6-7-11-31(27)45(43,44)40(32)2/h3-15,20,22,26,32,36H,1,16-19,21H2,2H3,(H,37,38,39). The number of sulfonamides is 1. The molecule has 2 N–H and O–H groups in total. The Morgan fingerprint density at radius 3 is 2.44 bits per heavy atom. The smallest absolute Gasteiger partial charge is 0.261 e. The third-order valence-electron chi connectivity index (χ3n) is 8.95. The van der Waals surface area contributed by atoms with E-state index in [-0.39, 0.29) is 10.5 Å². The number of piperidine rings is 1. The molecule has 5 aromatic rings. The number of hydrogen-bond acceptors (Lipinski definition) is 7. The number of hydrogen-bond donors (Lipinski definition) is 2. The number of rotatable bonds is 6. The van der Waals surface area contributed by atoms with Gasteiger partial charge in [-0.25, -0.2) is 13.4 Å². The van der Waals surface area contributed by atoms with Gasteiger partial charge in [-0.1, -0.05) is 67.2 Å². The monoisotopic (exact) mass is 618 g/mol. The maximum atomic E-state index is 14.4. The Kier molecular flexibility index (Phi) is 7.56. The van der Waals surface area contributed by atoms with Crippen LogP contribution < -0.4 is 16.2 Å². The molecule has 1 fully saturated rings. The van der Waals surface area contributed by atoms with Crippen molar-refractivity contribution in [1.29, 1.82) is 0 Å². The molecule has 2 aliphatic rings. The molecule has 1 atom stereocenters. The summed E-state index contributed by atoms with van der Waals surface area (Å²) < 4.78 is 30.1. The molecule has 0 amide bonds. The highest BCUT2D eigenvalue weighted by Gasteiger charge is 2.38. The van der Waals surface area contributed by atoms with Crippen LogP contribution in [0.3, 0.4) is 0 Å². The first kappa shape index (κ1) is 29.1. The number of anilines is 2. The van der Waals surface area contributed by atoms with Crippen LogP contribution in [0, 0.1) is 0 Å². The summed E-state index contributed by atoms with van der Waals surface area (Å²) in [5.41, 5.74) is 4.42. The zero-order valence-corrected chi connectivity index (χ0v) is 25.8. The molecule has 9 nitrogen and oxygen atoms in total. The summed E-state index contributed by atoms with van der Waals surface area (Å²) in [6.07, 6.45) is 3.35. The number of benzene rings is 3. The Morgan fingerprint density at radius 1 is 0.978 bits per heavy atom. The van der Waals surface area contributed by atoms with Crippen molar-refractivity contribution in [3.8, 4) is 0 Å². The highest BCUT2D eigenvalue weighted by Crippen LogP contribution is 2.35. The van der Waals surface area contributed by atoms with Gasteiger partial charge in [0.15, 0.2) is 0 Å². The summed E-state index contributed by atoms with van der Waals surface area (Å²) in [7, 11) is -2.36. The molecule has 4 heterocycles. The zero-order valence-electron chi connectivity index (χ0n) is 25.0. The number of nitrogens with one attached hydrogen (secondary N) is 2. The molecule has 3 aromatic carbocycles. The average Bonchev–Trinajstić information content (AvgIpc) is 3.07. The van der Waals surface area contributed by atoms with Gasteiger partial charge in [0.2, 0.25) is 16.0 Å². The molecule has 0 bridgehead atoms. The molecule has 0 aliphatic carbocycles. The average molecular weight is 619 g/mol. The van der Waals surface area contributed by atoms with Crippen molar-refractivity contribution < 1.29 is 8.42 Å². The van der Waals surface area contributed by atoms with Crippen LogP contribution in [0.1, 0.15) is 47.2 Å². The molecule has 7 rings (SSSR count). The van der Waals surface area contributed by atoms with Crippen LogP contribution in [-0.2, 0) is 16.4 Å². The molecule has 2 aliphatic heterocycles. The topological polar surface area (TPSA) is 109 Å². The summed E-state index contributed by atoms with van der Waals surface area (Å²) in [6, 6.07) is 26.4. The Balaban J connectivity index is 1.33. The van der Waals surface area contributed by atoms with Gasteiger partial charge in [-0.2, -0.15) is 9.29 Å². The fraction of sp³-hybridized carbons (Fsp3) is 0.229. The van der Waals surface area contributed by atoms with Crippen LogP contribution >= 0.6 is 0 Å². The second-order valence-electron chi connectivity index (χ2n) is 11.6. The molecule has 0 saturated carbocycles. The maximum Gasteiger partial charge on any atom is 0.261 e. The number of fused-ring (bicyclic) bond motifs is 2. The van der Waals surface area contributed by atoms with E-state index in [1.807, 2.05) is 48.5 Å². The molecule has 0 spiro atoms. The van der Waals surface area contributed by atoms with Gasteiger partial charge in [0.1, 0.15) is 11.8 Å². The minimum atomic E-state index is -3.87. The minimum absolute atomic E-state index is 0.246. The van der Waals surface area contributed by atoms with Crippen molar-refractivity contribution in [1.82, 2.24) is 24.2 Å². The van der Waals surface area contributed by atoms with Crippen LogP contribution in [0.5, 0.6) is 0 Å². The molecule has 1 unspecified atom stereocenters. The SMILES string of the molecule is C=C(c1ccccc1)c1cc2cnc(Nc3ccc(C4CCNCC4)cc3)nc2n(C2Cc3ccccc3S(=O)(=O)N2C)c1=O. The highest BCUT2D eigenvalue weighted by molar-refractivity contribution is 7.89. The van der Waals surface area contributed by atoms with Gasteiger partial charge >= 0.3 is 0 Å². The van der Waals surface area contributed by atoms with Crippen molar-refractivity contribution in [3.05, 3.63) is 130 Å². The lowest BCUT2D eigenvalue weighted by Crippen LogP contribution is -2.44. The third kappa shape index (κ3) is 5.35. The fourth-order valence-corrected chi connectivity index (χ4v) is 7.94. The van der Waals surface area contributed by atoms with E-state index >= 15 is 0 Å².